The topological polar surface area (TPSA) is 42.5 Å². The Labute approximate surface area is 127 Å². The van der Waals surface area contributed by atoms with Crippen LogP contribution in [0.15, 0.2) is 59.2 Å². The van der Waals surface area contributed by atoms with Crippen LogP contribution in [0.1, 0.15) is 5.56 Å². The van der Waals surface area contributed by atoms with Crippen molar-refractivity contribution < 1.29 is 4.42 Å². The van der Waals surface area contributed by atoms with Gasteiger partial charge in [-0.25, -0.2) is 4.98 Å². The highest BCUT2D eigenvalue weighted by atomic mass is 16.3. The number of nitrogens with one attached hydrogen (secondary N) is 1. The molecule has 4 nitrogen and oxygen atoms in total. The van der Waals surface area contributed by atoms with Crippen molar-refractivity contribution in [1.82, 2.24) is 9.38 Å². The van der Waals surface area contributed by atoms with Crippen molar-refractivity contribution in [3.8, 4) is 22.7 Å². The predicted octanol–water partition coefficient (Wildman–Crippen LogP) is 4.63. The number of pyridine rings is 1. The zero-order valence-corrected chi connectivity index (χ0v) is 12.0. The van der Waals surface area contributed by atoms with Crippen LogP contribution in [-0.2, 0) is 0 Å². The molecule has 0 unspecified atom stereocenters. The van der Waals surface area contributed by atoms with E-state index >= 15 is 0 Å². The SMILES string of the molecule is Cc1cccc2c1Nc1c(-c3ccco3)nc3cccc-2n13. The van der Waals surface area contributed by atoms with E-state index in [0.29, 0.717) is 0 Å². The molecular weight excluding hydrogens is 274 g/mol. The van der Waals surface area contributed by atoms with Gasteiger partial charge in [-0.1, -0.05) is 24.3 Å². The summed E-state index contributed by atoms with van der Waals surface area (Å²) in [6, 6.07) is 16.4. The summed E-state index contributed by atoms with van der Waals surface area (Å²) in [7, 11) is 0. The third-order valence-corrected chi connectivity index (χ3v) is 4.19. The fraction of sp³-hybridized carbons (Fsp3) is 0.0556. The Bertz CT molecular complexity index is 1010. The maximum Gasteiger partial charge on any atom is 0.156 e. The molecule has 0 bridgehead atoms. The monoisotopic (exact) mass is 287 g/mol. The summed E-state index contributed by atoms with van der Waals surface area (Å²) >= 11 is 0. The Morgan fingerprint density at radius 3 is 2.82 bits per heavy atom. The average molecular weight is 287 g/mol. The highest BCUT2D eigenvalue weighted by Crippen LogP contribution is 2.42. The van der Waals surface area contributed by atoms with Gasteiger partial charge >= 0.3 is 0 Å². The molecule has 3 aromatic heterocycles. The van der Waals surface area contributed by atoms with Crippen LogP contribution in [0.25, 0.3) is 28.4 Å². The summed E-state index contributed by atoms with van der Waals surface area (Å²) in [5, 5.41) is 3.55. The minimum absolute atomic E-state index is 0.772. The molecule has 0 saturated carbocycles. The van der Waals surface area contributed by atoms with Gasteiger partial charge in [0.2, 0.25) is 0 Å². The quantitative estimate of drug-likeness (QED) is 0.489. The molecule has 0 spiro atoms. The van der Waals surface area contributed by atoms with Crippen LogP contribution < -0.4 is 5.32 Å². The number of aryl methyl sites for hydroxylation is 1. The Hall–Kier alpha value is -3.01. The molecule has 22 heavy (non-hydrogen) atoms. The van der Waals surface area contributed by atoms with E-state index < -0.39 is 0 Å². The van der Waals surface area contributed by atoms with Gasteiger partial charge in [-0.3, -0.25) is 4.40 Å². The molecule has 1 aliphatic rings. The van der Waals surface area contributed by atoms with Gasteiger partial charge in [0.1, 0.15) is 17.2 Å². The van der Waals surface area contributed by atoms with Crippen molar-refractivity contribution in [2.24, 2.45) is 0 Å². The minimum atomic E-state index is 0.772. The van der Waals surface area contributed by atoms with E-state index in [0.717, 1.165) is 34.3 Å². The van der Waals surface area contributed by atoms with E-state index in [2.05, 4.69) is 40.9 Å². The van der Waals surface area contributed by atoms with Crippen molar-refractivity contribution in [3.05, 3.63) is 60.4 Å². The smallest absolute Gasteiger partial charge is 0.156 e. The largest absolute Gasteiger partial charge is 0.463 e. The number of imidazole rings is 1. The Morgan fingerprint density at radius 2 is 1.95 bits per heavy atom. The van der Waals surface area contributed by atoms with Crippen molar-refractivity contribution in [3.63, 3.8) is 0 Å². The van der Waals surface area contributed by atoms with E-state index in [-0.39, 0.29) is 0 Å². The first-order chi connectivity index (χ1) is 10.8. The number of hydrogen-bond acceptors (Lipinski definition) is 3. The van der Waals surface area contributed by atoms with E-state index in [4.69, 9.17) is 9.40 Å². The summed E-state index contributed by atoms with van der Waals surface area (Å²) in [6.07, 6.45) is 1.68. The summed E-state index contributed by atoms with van der Waals surface area (Å²) in [5.41, 5.74) is 6.45. The second-order valence-electron chi connectivity index (χ2n) is 5.51. The maximum atomic E-state index is 5.56. The van der Waals surface area contributed by atoms with Gasteiger partial charge < -0.3 is 9.73 Å². The van der Waals surface area contributed by atoms with Gasteiger partial charge in [0.05, 0.1) is 17.6 Å². The summed E-state index contributed by atoms with van der Waals surface area (Å²) < 4.78 is 7.71. The third kappa shape index (κ3) is 1.39. The molecule has 0 saturated heterocycles. The predicted molar refractivity (Wildman–Crippen MR) is 86.3 cm³/mol. The second kappa shape index (κ2) is 4.01. The first-order valence-electron chi connectivity index (χ1n) is 7.25. The number of para-hydroxylation sites is 1. The Kier molecular flexibility index (Phi) is 2.12. The van der Waals surface area contributed by atoms with Gasteiger partial charge in [0.15, 0.2) is 5.76 Å². The summed E-state index contributed by atoms with van der Waals surface area (Å²) in [4.78, 5) is 4.75. The van der Waals surface area contributed by atoms with Crippen molar-refractivity contribution in [2.45, 2.75) is 6.92 Å². The summed E-state index contributed by atoms with van der Waals surface area (Å²) in [5.74, 6) is 1.73. The molecule has 1 N–H and O–H groups in total. The van der Waals surface area contributed by atoms with E-state index in [1.54, 1.807) is 6.26 Å². The van der Waals surface area contributed by atoms with Gasteiger partial charge in [0, 0.05) is 5.56 Å². The van der Waals surface area contributed by atoms with E-state index in [9.17, 15) is 0 Å². The Balaban J connectivity index is 1.92. The molecule has 4 heterocycles. The van der Waals surface area contributed by atoms with Crippen LogP contribution in [0, 0.1) is 6.92 Å². The van der Waals surface area contributed by atoms with Crippen molar-refractivity contribution in [1.29, 1.82) is 0 Å². The molecule has 4 heteroatoms. The molecular formula is C18H13N3O. The van der Waals surface area contributed by atoms with Crippen LogP contribution in [0.5, 0.6) is 0 Å². The molecule has 0 radical (unpaired) electrons. The highest BCUT2D eigenvalue weighted by Gasteiger charge is 2.24. The fourth-order valence-corrected chi connectivity index (χ4v) is 3.17. The van der Waals surface area contributed by atoms with E-state index in [1.165, 1.54) is 11.1 Å². The summed E-state index contributed by atoms with van der Waals surface area (Å²) in [6.45, 7) is 2.12. The van der Waals surface area contributed by atoms with Crippen LogP contribution in [0.2, 0.25) is 0 Å². The van der Waals surface area contributed by atoms with Gasteiger partial charge in [-0.15, -0.1) is 0 Å². The molecule has 1 aliphatic heterocycles. The normalized spacial score (nSPS) is 12.2. The van der Waals surface area contributed by atoms with Crippen molar-refractivity contribution >= 4 is 17.2 Å². The third-order valence-electron chi connectivity index (χ3n) is 4.19. The molecule has 0 fully saturated rings. The molecule has 1 aromatic carbocycles. The number of furan rings is 1. The Morgan fingerprint density at radius 1 is 1.05 bits per heavy atom. The average Bonchev–Trinajstić information content (AvgIpc) is 3.17. The van der Waals surface area contributed by atoms with Crippen LogP contribution >= 0.6 is 0 Å². The molecule has 0 amide bonds. The lowest BCUT2D eigenvalue weighted by molar-refractivity contribution is 0.581. The number of aromatic nitrogens is 2. The molecule has 106 valence electrons. The zero-order valence-electron chi connectivity index (χ0n) is 12.0. The highest BCUT2D eigenvalue weighted by molar-refractivity contribution is 5.91. The van der Waals surface area contributed by atoms with Gasteiger partial charge in [-0.2, -0.15) is 0 Å². The van der Waals surface area contributed by atoms with E-state index in [1.807, 2.05) is 24.3 Å². The van der Waals surface area contributed by atoms with Crippen LogP contribution in [0.4, 0.5) is 11.5 Å². The molecule has 0 aliphatic carbocycles. The lowest BCUT2D eigenvalue weighted by Crippen LogP contribution is -2.08. The van der Waals surface area contributed by atoms with Gasteiger partial charge in [-0.05, 0) is 36.8 Å². The fourth-order valence-electron chi connectivity index (χ4n) is 3.17. The number of anilines is 2. The number of nitrogens with zero attached hydrogens (tertiary/aromatic N) is 2. The standard InChI is InChI=1S/C18H13N3O/c1-11-5-2-6-12-13-7-3-9-15-19-17(14-8-4-10-22-14)18(21(13)15)20-16(11)12/h2-10,20H,1H3. The minimum Gasteiger partial charge on any atom is -0.463 e. The van der Waals surface area contributed by atoms with Gasteiger partial charge in [0.25, 0.3) is 0 Å². The maximum absolute atomic E-state index is 5.56. The number of rotatable bonds is 1. The molecule has 0 atom stereocenters. The van der Waals surface area contributed by atoms with Crippen LogP contribution in [-0.4, -0.2) is 9.38 Å². The molecule has 4 aromatic rings. The molecule has 5 rings (SSSR count). The first kappa shape index (κ1) is 11.6. The number of fused-ring (bicyclic) bond motifs is 2. The second-order valence-corrected chi connectivity index (χ2v) is 5.51. The number of benzene rings is 1. The number of hydrogen-bond donors (Lipinski definition) is 1. The lowest BCUT2D eigenvalue weighted by Gasteiger charge is -2.22. The first-order valence-corrected chi connectivity index (χ1v) is 7.25. The van der Waals surface area contributed by atoms with Crippen LogP contribution in [0.3, 0.4) is 0 Å². The van der Waals surface area contributed by atoms with Crippen molar-refractivity contribution in [2.75, 3.05) is 5.32 Å². The zero-order chi connectivity index (χ0) is 14.7. The lowest BCUT2D eigenvalue weighted by atomic mass is 10.0.